The Kier molecular flexibility index (Phi) is 3.50. The van der Waals surface area contributed by atoms with Gasteiger partial charge in [-0.2, -0.15) is 0 Å². The van der Waals surface area contributed by atoms with Crippen molar-refractivity contribution in [1.82, 2.24) is 14.7 Å². The van der Waals surface area contributed by atoms with Crippen LogP contribution in [0.5, 0.6) is 0 Å². The Balaban J connectivity index is 2.25. The van der Waals surface area contributed by atoms with E-state index in [4.69, 9.17) is 4.52 Å². The molecule has 0 saturated carbocycles. The molecule has 0 atom stereocenters. The standard InChI is InChI=1S/C13H18N4O/c1-5-6-14-13-15-9(2)7-17(13)8-12-10(3)16-18-11(12)4/h5,7H,1,6,8H2,2-4H3,(H,14,15). The topological polar surface area (TPSA) is 55.9 Å². The summed E-state index contributed by atoms with van der Waals surface area (Å²) in [5.41, 5.74) is 3.01. The van der Waals surface area contributed by atoms with Crippen LogP contribution in [0.15, 0.2) is 23.4 Å². The zero-order valence-electron chi connectivity index (χ0n) is 11.0. The van der Waals surface area contributed by atoms with Crippen LogP contribution in [0, 0.1) is 20.8 Å². The van der Waals surface area contributed by atoms with Gasteiger partial charge in [-0.25, -0.2) is 4.98 Å². The Bertz CT molecular complexity index is 534. The van der Waals surface area contributed by atoms with Gasteiger partial charge in [0.2, 0.25) is 5.95 Å². The van der Waals surface area contributed by atoms with Crippen LogP contribution in [0.1, 0.15) is 22.7 Å². The molecule has 0 aliphatic heterocycles. The van der Waals surface area contributed by atoms with Gasteiger partial charge in [0, 0.05) is 18.3 Å². The molecule has 0 amide bonds. The molecule has 0 spiro atoms. The molecule has 1 N–H and O–H groups in total. The molecular formula is C13H18N4O. The lowest BCUT2D eigenvalue weighted by Crippen LogP contribution is -2.08. The van der Waals surface area contributed by atoms with Gasteiger partial charge in [-0.15, -0.1) is 6.58 Å². The Morgan fingerprint density at radius 3 is 2.83 bits per heavy atom. The lowest BCUT2D eigenvalue weighted by Gasteiger charge is -2.07. The predicted octanol–water partition coefficient (Wildman–Crippen LogP) is 2.44. The number of nitrogens with zero attached hydrogens (tertiary/aromatic N) is 3. The van der Waals surface area contributed by atoms with Gasteiger partial charge >= 0.3 is 0 Å². The van der Waals surface area contributed by atoms with E-state index in [1.165, 1.54) is 0 Å². The number of hydrogen-bond donors (Lipinski definition) is 1. The van der Waals surface area contributed by atoms with Gasteiger partial charge in [-0.1, -0.05) is 11.2 Å². The molecule has 5 nitrogen and oxygen atoms in total. The molecule has 0 aliphatic carbocycles. The molecule has 96 valence electrons. The minimum atomic E-state index is 0.693. The van der Waals surface area contributed by atoms with Gasteiger partial charge < -0.3 is 14.4 Å². The first-order valence-corrected chi connectivity index (χ1v) is 5.92. The molecule has 0 fully saturated rings. The largest absolute Gasteiger partial charge is 0.361 e. The first-order chi connectivity index (χ1) is 8.61. The van der Waals surface area contributed by atoms with Gasteiger partial charge in [-0.05, 0) is 20.8 Å². The van der Waals surface area contributed by atoms with Crippen molar-refractivity contribution in [3.63, 3.8) is 0 Å². The number of rotatable bonds is 5. The summed E-state index contributed by atoms with van der Waals surface area (Å²) in [5, 5.41) is 7.18. The minimum absolute atomic E-state index is 0.693. The first-order valence-electron chi connectivity index (χ1n) is 5.92. The average Bonchev–Trinajstić information content (AvgIpc) is 2.84. The summed E-state index contributed by atoms with van der Waals surface area (Å²) in [6.07, 6.45) is 3.82. The van der Waals surface area contributed by atoms with Crippen LogP contribution in [0.4, 0.5) is 5.95 Å². The van der Waals surface area contributed by atoms with Crippen molar-refractivity contribution >= 4 is 5.95 Å². The van der Waals surface area contributed by atoms with Gasteiger partial charge in [0.1, 0.15) is 5.76 Å². The van der Waals surface area contributed by atoms with Crippen LogP contribution < -0.4 is 5.32 Å². The van der Waals surface area contributed by atoms with Crippen molar-refractivity contribution in [3.05, 3.63) is 41.6 Å². The third-order valence-corrected chi connectivity index (χ3v) is 2.81. The summed E-state index contributed by atoms with van der Waals surface area (Å²) in [4.78, 5) is 4.44. The molecule has 0 radical (unpaired) electrons. The Morgan fingerprint density at radius 2 is 2.22 bits per heavy atom. The number of aryl methyl sites for hydroxylation is 3. The number of hydrogen-bond acceptors (Lipinski definition) is 4. The molecule has 2 rings (SSSR count). The number of aromatic nitrogens is 3. The normalized spacial score (nSPS) is 10.6. The molecule has 2 heterocycles. The Labute approximate surface area is 107 Å². The minimum Gasteiger partial charge on any atom is -0.361 e. The van der Waals surface area contributed by atoms with E-state index in [1.807, 2.05) is 33.0 Å². The molecule has 0 aromatic carbocycles. The van der Waals surface area contributed by atoms with E-state index in [-0.39, 0.29) is 0 Å². The van der Waals surface area contributed by atoms with Gasteiger partial charge in [0.05, 0.1) is 17.9 Å². The van der Waals surface area contributed by atoms with Crippen molar-refractivity contribution in [1.29, 1.82) is 0 Å². The number of anilines is 1. The smallest absolute Gasteiger partial charge is 0.203 e. The van der Waals surface area contributed by atoms with Crippen LogP contribution >= 0.6 is 0 Å². The van der Waals surface area contributed by atoms with Crippen molar-refractivity contribution in [3.8, 4) is 0 Å². The molecule has 0 saturated heterocycles. The van der Waals surface area contributed by atoms with Gasteiger partial charge in [-0.3, -0.25) is 0 Å². The quantitative estimate of drug-likeness (QED) is 0.823. The van der Waals surface area contributed by atoms with E-state index in [1.54, 1.807) is 0 Å². The predicted molar refractivity (Wildman–Crippen MR) is 70.7 cm³/mol. The fourth-order valence-electron chi connectivity index (χ4n) is 1.87. The van der Waals surface area contributed by atoms with Crippen molar-refractivity contribution < 1.29 is 4.52 Å². The zero-order chi connectivity index (χ0) is 13.1. The van der Waals surface area contributed by atoms with Crippen molar-refractivity contribution in [2.45, 2.75) is 27.3 Å². The maximum atomic E-state index is 5.17. The van der Waals surface area contributed by atoms with E-state index >= 15 is 0 Å². The number of imidazole rings is 1. The van der Waals surface area contributed by atoms with Crippen molar-refractivity contribution in [2.24, 2.45) is 0 Å². The Hall–Kier alpha value is -2.04. The molecule has 2 aromatic heterocycles. The fourth-order valence-corrected chi connectivity index (χ4v) is 1.87. The van der Waals surface area contributed by atoms with Crippen LogP contribution in [0.25, 0.3) is 0 Å². The highest BCUT2D eigenvalue weighted by Gasteiger charge is 2.12. The summed E-state index contributed by atoms with van der Waals surface area (Å²) in [6.45, 7) is 10.9. The van der Waals surface area contributed by atoms with E-state index < -0.39 is 0 Å². The van der Waals surface area contributed by atoms with Crippen LogP contribution in [0.3, 0.4) is 0 Å². The molecule has 18 heavy (non-hydrogen) atoms. The summed E-state index contributed by atoms with van der Waals surface area (Å²) in [5.74, 6) is 1.70. The second kappa shape index (κ2) is 5.08. The second-order valence-electron chi connectivity index (χ2n) is 4.31. The highest BCUT2D eigenvalue weighted by Crippen LogP contribution is 2.17. The van der Waals surface area contributed by atoms with Crippen LogP contribution in [-0.2, 0) is 6.54 Å². The summed E-state index contributed by atoms with van der Waals surface area (Å²) in [7, 11) is 0. The molecule has 2 aromatic rings. The Morgan fingerprint density at radius 1 is 1.44 bits per heavy atom. The summed E-state index contributed by atoms with van der Waals surface area (Å²) in [6, 6.07) is 0. The molecular weight excluding hydrogens is 228 g/mol. The zero-order valence-corrected chi connectivity index (χ0v) is 11.0. The lowest BCUT2D eigenvalue weighted by molar-refractivity contribution is 0.392. The summed E-state index contributed by atoms with van der Waals surface area (Å²) >= 11 is 0. The van der Waals surface area contributed by atoms with E-state index in [0.717, 1.165) is 28.7 Å². The fraction of sp³-hybridized carbons (Fsp3) is 0.385. The lowest BCUT2D eigenvalue weighted by atomic mass is 10.2. The average molecular weight is 246 g/mol. The molecule has 0 bridgehead atoms. The second-order valence-corrected chi connectivity index (χ2v) is 4.31. The monoisotopic (exact) mass is 246 g/mol. The van der Waals surface area contributed by atoms with Crippen molar-refractivity contribution in [2.75, 3.05) is 11.9 Å². The highest BCUT2D eigenvalue weighted by molar-refractivity contribution is 5.32. The molecule has 5 heteroatoms. The maximum absolute atomic E-state index is 5.17. The van der Waals surface area contributed by atoms with Crippen LogP contribution in [0.2, 0.25) is 0 Å². The van der Waals surface area contributed by atoms with Gasteiger partial charge in [0.15, 0.2) is 0 Å². The van der Waals surface area contributed by atoms with E-state index in [0.29, 0.717) is 13.1 Å². The first kappa shape index (κ1) is 12.4. The van der Waals surface area contributed by atoms with E-state index in [2.05, 4.69) is 26.6 Å². The third-order valence-electron chi connectivity index (χ3n) is 2.81. The SMILES string of the molecule is C=CCNc1nc(C)cn1Cc1c(C)noc1C. The third kappa shape index (κ3) is 2.45. The summed E-state index contributed by atoms with van der Waals surface area (Å²) < 4.78 is 7.24. The maximum Gasteiger partial charge on any atom is 0.203 e. The van der Waals surface area contributed by atoms with E-state index in [9.17, 15) is 0 Å². The molecule has 0 unspecified atom stereocenters. The molecule has 0 aliphatic rings. The number of nitrogens with one attached hydrogen (secondary N) is 1. The highest BCUT2D eigenvalue weighted by atomic mass is 16.5. The van der Waals surface area contributed by atoms with Gasteiger partial charge in [0.25, 0.3) is 0 Å². The van der Waals surface area contributed by atoms with Crippen LogP contribution in [-0.4, -0.2) is 21.3 Å².